The first-order valence-electron chi connectivity index (χ1n) is 7.91. The highest BCUT2D eigenvalue weighted by Gasteiger charge is 2.69. The van der Waals surface area contributed by atoms with Crippen molar-refractivity contribution in [3.63, 3.8) is 0 Å². The Hall–Kier alpha value is -1.44. The summed E-state index contributed by atoms with van der Waals surface area (Å²) >= 11 is 0. The van der Waals surface area contributed by atoms with Gasteiger partial charge < -0.3 is 25.4 Å². The van der Waals surface area contributed by atoms with Crippen LogP contribution in [-0.4, -0.2) is 58.2 Å². The molecule has 0 radical (unpaired) electrons. The molecule has 1 amide bonds. The van der Waals surface area contributed by atoms with Crippen LogP contribution >= 0.6 is 0 Å². The van der Waals surface area contributed by atoms with Crippen LogP contribution in [0.3, 0.4) is 0 Å². The molecular formula is C16H25NO6. The first kappa shape index (κ1) is 17.9. The van der Waals surface area contributed by atoms with Crippen molar-refractivity contribution < 1.29 is 29.6 Å². The van der Waals surface area contributed by atoms with Crippen molar-refractivity contribution in [2.24, 2.45) is 11.8 Å². The second-order valence-corrected chi connectivity index (χ2v) is 6.47. The van der Waals surface area contributed by atoms with Crippen LogP contribution in [0.5, 0.6) is 0 Å². The van der Waals surface area contributed by atoms with Crippen molar-refractivity contribution in [1.29, 1.82) is 0 Å². The molecule has 0 aromatic heterocycles. The molecule has 1 fully saturated rings. The van der Waals surface area contributed by atoms with Gasteiger partial charge in [-0.05, 0) is 32.6 Å². The zero-order valence-electron chi connectivity index (χ0n) is 13.5. The molecule has 7 heteroatoms. The average Bonchev–Trinajstić information content (AvgIpc) is 2.75. The molecule has 23 heavy (non-hydrogen) atoms. The molecule has 1 aliphatic carbocycles. The van der Waals surface area contributed by atoms with Gasteiger partial charge in [0.05, 0.1) is 19.1 Å². The van der Waals surface area contributed by atoms with Crippen LogP contribution in [-0.2, 0) is 14.3 Å². The summed E-state index contributed by atoms with van der Waals surface area (Å²) in [5.74, 6) is -2.84. The summed E-state index contributed by atoms with van der Waals surface area (Å²) in [6.45, 7) is 1.02. The molecular weight excluding hydrogens is 302 g/mol. The molecule has 0 saturated carbocycles. The number of hydrogen-bond acceptors (Lipinski definition) is 6. The van der Waals surface area contributed by atoms with Gasteiger partial charge in [0.1, 0.15) is 5.60 Å². The van der Waals surface area contributed by atoms with Crippen molar-refractivity contribution in [2.45, 2.75) is 49.9 Å². The smallest absolute Gasteiger partial charge is 0.337 e. The zero-order valence-corrected chi connectivity index (χ0v) is 13.5. The third-order valence-electron chi connectivity index (χ3n) is 5.18. The molecule has 4 N–H and O–H groups in total. The molecule has 1 aliphatic heterocycles. The Balaban J connectivity index is 2.47. The third-order valence-corrected chi connectivity index (χ3v) is 5.18. The number of allylic oxidation sites excluding steroid dienone is 1. The lowest BCUT2D eigenvalue weighted by molar-refractivity contribution is -0.174. The van der Waals surface area contributed by atoms with E-state index in [4.69, 9.17) is 9.84 Å². The average molecular weight is 327 g/mol. The fraction of sp³-hybridized carbons (Fsp3) is 0.750. The van der Waals surface area contributed by atoms with E-state index < -0.39 is 35.0 Å². The van der Waals surface area contributed by atoms with Gasteiger partial charge in [-0.15, -0.1) is 0 Å². The highest BCUT2D eigenvalue weighted by molar-refractivity contribution is 5.96. The normalized spacial score (nSPS) is 38.2. The van der Waals surface area contributed by atoms with E-state index in [1.807, 2.05) is 6.08 Å². The summed E-state index contributed by atoms with van der Waals surface area (Å²) in [4.78, 5) is 24.8. The molecule has 2 rings (SSSR count). The Kier molecular flexibility index (Phi) is 5.13. The van der Waals surface area contributed by atoms with Gasteiger partial charge in [-0.25, -0.2) is 4.79 Å². The number of aliphatic hydroxyl groups is 3. The van der Waals surface area contributed by atoms with E-state index >= 15 is 0 Å². The number of methoxy groups -OCH3 is 1. The first-order chi connectivity index (χ1) is 10.8. The number of esters is 1. The SMILES string of the molecule is COC(=O)[C@]1([C@H](O)[C@@H]2C=CCCC2)NC(=O)[C@H](CCO)[C@]1(C)O. The van der Waals surface area contributed by atoms with E-state index in [2.05, 4.69) is 5.32 Å². The van der Waals surface area contributed by atoms with Crippen LogP contribution in [0.25, 0.3) is 0 Å². The fourth-order valence-corrected chi connectivity index (χ4v) is 3.81. The number of nitrogens with one attached hydrogen (secondary N) is 1. The number of rotatable bonds is 5. The Morgan fingerprint density at radius 1 is 1.57 bits per heavy atom. The molecule has 1 saturated heterocycles. The molecule has 1 heterocycles. The van der Waals surface area contributed by atoms with Crippen molar-refractivity contribution in [2.75, 3.05) is 13.7 Å². The number of carbonyl (C=O) groups is 2. The van der Waals surface area contributed by atoms with Crippen LogP contribution < -0.4 is 5.32 Å². The van der Waals surface area contributed by atoms with Crippen LogP contribution in [0.4, 0.5) is 0 Å². The summed E-state index contributed by atoms with van der Waals surface area (Å²) in [6.07, 6.45) is 4.78. The molecule has 0 bridgehead atoms. The minimum atomic E-state index is -1.95. The van der Waals surface area contributed by atoms with Crippen molar-refractivity contribution in [1.82, 2.24) is 5.32 Å². The van der Waals surface area contributed by atoms with Gasteiger partial charge in [-0.2, -0.15) is 0 Å². The molecule has 0 aromatic rings. The number of aliphatic hydroxyl groups excluding tert-OH is 2. The number of carbonyl (C=O) groups excluding carboxylic acids is 2. The third kappa shape index (κ3) is 2.66. The van der Waals surface area contributed by atoms with Crippen LogP contribution in [0.2, 0.25) is 0 Å². The maximum atomic E-state index is 12.5. The monoisotopic (exact) mass is 327 g/mol. The number of ether oxygens (including phenoxy) is 1. The van der Waals surface area contributed by atoms with Crippen LogP contribution in [0, 0.1) is 11.8 Å². The van der Waals surface area contributed by atoms with E-state index in [-0.39, 0.29) is 18.9 Å². The molecule has 0 spiro atoms. The summed E-state index contributed by atoms with van der Waals surface area (Å²) in [7, 11) is 1.15. The molecule has 7 nitrogen and oxygen atoms in total. The second-order valence-electron chi connectivity index (χ2n) is 6.47. The van der Waals surface area contributed by atoms with Gasteiger partial charge in [-0.1, -0.05) is 12.2 Å². The van der Waals surface area contributed by atoms with E-state index in [0.29, 0.717) is 6.42 Å². The van der Waals surface area contributed by atoms with Crippen LogP contribution in [0.1, 0.15) is 32.6 Å². The highest BCUT2D eigenvalue weighted by Crippen LogP contribution is 2.44. The predicted octanol–water partition coefficient (Wildman–Crippen LogP) is -0.505. The number of hydrogen-bond donors (Lipinski definition) is 4. The summed E-state index contributed by atoms with van der Waals surface area (Å²) < 4.78 is 4.80. The lowest BCUT2D eigenvalue weighted by Gasteiger charge is -2.44. The standard InChI is InChI=1S/C16H25NO6/c1-15(22)11(8-9-18)13(20)17-16(15,14(21)23-2)12(19)10-6-4-3-5-7-10/h4,6,10-12,18-19,22H,3,5,7-9H2,1-2H3,(H,17,20)/t10-,11+,12-,15+,16+/m1/s1. The van der Waals surface area contributed by atoms with Crippen molar-refractivity contribution in [3.8, 4) is 0 Å². The van der Waals surface area contributed by atoms with E-state index in [1.165, 1.54) is 6.92 Å². The molecule has 0 unspecified atom stereocenters. The Bertz CT molecular complexity index is 503. The van der Waals surface area contributed by atoms with Crippen molar-refractivity contribution in [3.05, 3.63) is 12.2 Å². The maximum absolute atomic E-state index is 12.5. The van der Waals surface area contributed by atoms with Crippen LogP contribution in [0.15, 0.2) is 12.2 Å². The quantitative estimate of drug-likeness (QED) is 0.399. The summed E-state index contributed by atoms with van der Waals surface area (Å²) in [5, 5.41) is 33.5. The lowest BCUT2D eigenvalue weighted by Crippen LogP contribution is -2.70. The maximum Gasteiger partial charge on any atom is 0.337 e. The highest BCUT2D eigenvalue weighted by atomic mass is 16.5. The Morgan fingerprint density at radius 2 is 2.26 bits per heavy atom. The van der Waals surface area contributed by atoms with Gasteiger partial charge >= 0.3 is 5.97 Å². The fourth-order valence-electron chi connectivity index (χ4n) is 3.81. The number of amides is 1. The topological polar surface area (TPSA) is 116 Å². The first-order valence-corrected chi connectivity index (χ1v) is 7.91. The van der Waals surface area contributed by atoms with Crippen molar-refractivity contribution >= 4 is 11.9 Å². The Labute approximate surface area is 135 Å². The van der Waals surface area contributed by atoms with Gasteiger partial charge in [0.2, 0.25) is 5.91 Å². The second kappa shape index (κ2) is 6.59. The van der Waals surface area contributed by atoms with Gasteiger partial charge in [0.15, 0.2) is 5.54 Å². The minimum Gasteiger partial charge on any atom is -0.467 e. The summed E-state index contributed by atoms with van der Waals surface area (Å²) in [5.41, 5.74) is -3.84. The molecule has 2 aliphatic rings. The molecule has 130 valence electrons. The predicted molar refractivity (Wildman–Crippen MR) is 81.2 cm³/mol. The Morgan fingerprint density at radius 3 is 2.78 bits per heavy atom. The zero-order chi connectivity index (χ0) is 17.3. The van der Waals surface area contributed by atoms with Gasteiger partial charge in [0, 0.05) is 12.5 Å². The summed E-state index contributed by atoms with van der Waals surface area (Å²) in [6, 6.07) is 0. The lowest BCUT2D eigenvalue weighted by atomic mass is 9.68. The molecule has 5 atom stereocenters. The van der Waals surface area contributed by atoms with E-state index in [0.717, 1.165) is 20.0 Å². The minimum absolute atomic E-state index is 0.00912. The largest absolute Gasteiger partial charge is 0.467 e. The van der Waals surface area contributed by atoms with E-state index in [1.54, 1.807) is 6.08 Å². The van der Waals surface area contributed by atoms with Gasteiger partial charge in [-0.3, -0.25) is 4.79 Å². The van der Waals surface area contributed by atoms with E-state index in [9.17, 15) is 19.8 Å². The van der Waals surface area contributed by atoms with Gasteiger partial charge in [0.25, 0.3) is 0 Å². The molecule has 0 aromatic carbocycles.